The molecule has 11 heteroatoms. The van der Waals surface area contributed by atoms with Crippen molar-refractivity contribution in [2.75, 3.05) is 26.7 Å². The molecule has 0 spiro atoms. The molecule has 1 amide bonds. The average molecular weight is 532 g/mol. The lowest BCUT2D eigenvalue weighted by Gasteiger charge is -2.50. The Labute approximate surface area is 225 Å². The van der Waals surface area contributed by atoms with Crippen molar-refractivity contribution >= 4 is 12.4 Å². The number of hydrogen-bond donors (Lipinski definition) is 3. The Kier molecular flexibility index (Phi) is 6.92. The minimum absolute atomic E-state index is 0.0740. The maximum Gasteiger partial charge on any atom is 0.209 e. The third kappa shape index (κ3) is 5.89. The van der Waals surface area contributed by atoms with Crippen LogP contribution in [0.3, 0.4) is 0 Å². The van der Waals surface area contributed by atoms with Crippen LogP contribution in [0, 0.1) is 0 Å². The Morgan fingerprint density at radius 1 is 1.26 bits per heavy atom. The standard InChI is InChI=1S/C27H39FN6O4/c1-26(2)11-18(12-27(3,4)32-26)33(5)24-19(28)13-29-25(31-24)30-17-6-7-20-21(10-17)37-15-23(38-20)22-14-34(16-35)8-9-36-22/h6,10,13,15-16,18,20,22,24,32H,7-9,11-12,14H2,1-5H3,(H2,29,30,31)/i/hD. The number of ether oxygens (including phenoxy) is 3. The van der Waals surface area contributed by atoms with E-state index in [1.165, 1.54) is 12.5 Å². The molecule has 3 unspecified atom stereocenters. The number of piperidine rings is 1. The molecule has 5 rings (SSSR count). The highest BCUT2D eigenvalue weighted by molar-refractivity contribution is 5.84. The van der Waals surface area contributed by atoms with Crippen LogP contribution in [0.2, 0.25) is 1.41 Å². The van der Waals surface area contributed by atoms with Crippen molar-refractivity contribution < 1.29 is 24.8 Å². The molecule has 3 N–H and O–H groups in total. The third-order valence-electron chi connectivity index (χ3n) is 7.51. The van der Waals surface area contributed by atoms with Crippen LogP contribution < -0.4 is 15.9 Å². The van der Waals surface area contributed by atoms with E-state index in [0.29, 0.717) is 43.3 Å². The van der Waals surface area contributed by atoms with Gasteiger partial charge in [0.25, 0.3) is 0 Å². The Morgan fingerprint density at radius 3 is 2.76 bits per heavy atom. The number of halogens is 1. The zero-order valence-electron chi connectivity index (χ0n) is 23.7. The van der Waals surface area contributed by atoms with Gasteiger partial charge in [-0.05, 0) is 47.6 Å². The number of carbonyl (C=O) groups excluding carboxylic acids is 1. The minimum atomic E-state index is -0.898. The van der Waals surface area contributed by atoms with Crippen molar-refractivity contribution in [3.63, 3.8) is 0 Å². The molecule has 0 saturated carbocycles. The average Bonchev–Trinajstić information content (AvgIpc) is 2.88. The number of amides is 1. The van der Waals surface area contributed by atoms with Crippen molar-refractivity contribution in [3.05, 3.63) is 47.7 Å². The second kappa shape index (κ2) is 10.3. The zero-order chi connectivity index (χ0) is 27.9. The first kappa shape index (κ1) is 25.4. The SMILES string of the molecule is [2H]N1C(NC2=CCC3OC(C4CN(C=O)CCO4)=COC3=C2)=NC=C(F)C1N(C)C1CC(C)(C)NC(C)(C)C1. The first-order valence-corrected chi connectivity index (χ1v) is 13.2. The molecule has 2 saturated heterocycles. The summed E-state index contributed by atoms with van der Waals surface area (Å²) in [6.45, 7) is 10.0. The zero-order valence-corrected chi connectivity index (χ0v) is 22.7. The highest BCUT2D eigenvalue weighted by Gasteiger charge is 2.42. The minimum Gasteiger partial charge on any atom is -0.480 e. The maximum absolute atomic E-state index is 15.1. The maximum atomic E-state index is 15.1. The van der Waals surface area contributed by atoms with Crippen LogP contribution in [-0.4, -0.2) is 84.4 Å². The van der Waals surface area contributed by atoms with Crippen LogP contribution in [0.4, 0.5) is 4.39 Å². The van der Waals surface area contributed by atoms with E-state index in [4.69, 9.17) is 15.6 Å². The number of fused-ring (bicyclic) bond motifs is 1. The molecule has 2 fully saturated rings. The van der Waals surface area contributed by atoms with Gasteiger partial charge >= 0.3 is 0 Å². The predicted octanol–water partition coefficient (Wildman–Crippen LogP) is 2.20. The predicted molar refractivity (Wildman–Crippen MR) is 141 cm³/mol. The lowest BCUT2D eigenvalue weighted by atomic mass is 9.79. The van der Waals surface area contributed by atoms with Gasteiger partial charge in [0, 0.05) is 41.9 Å². The van der Waals surface area contributed by atoms with Crippen molar-refractivity contribution in [1.29, 1.82) is 0 Å². The lowest BCUT2D eigenvalue weighted by Crippen LogP contribution is -2.64. The van der Waals surface area contributed by atoms with Gasteiger partial charge in [0.15, 0.2) is 19.1 Å². The number of morpholine rings is 1. The normalized spacial score (nSPS) is 31.4. The lowest BCUT2D eigenvalue weighted by molar-refractivity contribution is -0.126. The summed E-state index contributed by atoms with van der Waals surface area (Å²) >= 11 is 0. The Hall–Kier alpha value is -2.89. The molecule has 0 aromatic rings. The third-order valence-corrected chi connectivity index (χ3v) is 7.51. The van der Waals surface area contributed by atoms with Gasteiger partial charge in [0.2, 0.25) is 12.4 Å². The number of hydrogen-bond acceptors (Lipinski definition) is 9. The number of nitrogens with one attached hydrogen (secondary N) is 3. The van der Waals surface area contributed by atoms with E-state index in [-0.39, 0.29) is 35.3 Å². The summed E-state index contributed by atoms with van der Waals surface area (Å²) in [5, 5.41) is 7.92. The quantitative estimate of drug-likeness (QED) is 0.465. The Bertz CT molecular complexity index is 1120. The Morgan fingerprint density at radius 2 is 2.03 bits per heavy atom. The molecule has 0 bridgehead atoms. The molecule has 0 aromatic heterocycles. The van der Waals surface area contributed by atoms with E-state index in [0.717, 1.165) is 24.6 Å². The first-order valence-electron chi connectivity index (χ1n) is 13.7. The molecule has 10 nitrogen and oxygen atoms in total. The van der Waals surface area contributed by atoms with Crippen molar-refractivity contribution in [2.24, 2.45) is 4.99 Å². The Balaban J connectivity index is 1.24. The van der Waals surface area contributed by atoms with Gasteiger partial charge in [-0.25, -0.2) is 9.38 Å². The number of rotatable bonds is 5. The van der Waals surface area contributed by atoms with Gasteiger partial charge < -0.3 is 35.1 Å². The van der Waals surface area contributed by atoms with Gasteiger partial charge in [0.05, 0.1) is 19.4 Å². The van der Waals surface area contributed by atoms with Gasteiger partial charge in [-0.1, -0.05) is 6.08 Å². The topological polar surface area (TPSA) is 99.7 Å². The van der Waals surface area contributed by atoms with E-state index in [1.54, 1.807) is 11.0 Å². The smallest absolute Gasteiger partial charge is 0.209 e. The molecule has 4 aliphatic heterocycles. The van der Waals surface area contributed by atoms with Crippen molar-refractivity contribution in [2.45, 2.75) is 82.5 Å². The molecule has 3 atom stereocenters. The number of aliphatic imine (C=N–C) groups is 1. The van der Waals surface area contributed by atoms with Gasteiger partial charge in [-0.2, -0.15) is 0 Å². The number of carbonyl (C=O) groups is 1. The van der Waals surface area contributed by atoms with Crippen LogP contribution in [-0.2, 0) is 19.0 Å². The highest BCUT2D eigenvalue weighted by Crippen LogP contribution is 2.33. The second-order valence-corrected chi connectivity index (χ2v) is 11.9. The van der Waals surface area contributed by atoms with E-state index in [9.17, 15) is 4.79 Å². The fourth-order valence-electron chi connectivity index (χ4n) is 6.00. The summed E-state index contributed by atoms with van der Waals surface area (Å²) < 4.78 is 41.6. The fourth-order valence-corrected chi connectivity index (χ4v) is 6.00. The van der Waals surface area contributed by atoms with Crippen LogP contribution in [0.25, 0.3) is 0 Å². The van der Waals surface area contributed by atoms with Crippen molar-refractivity contribution in [3.8, 4) is 0 Å². The summed E-state index contributed by atoms with van der Waals surface area (Å²) in [6.07, 6.45) is 7.83. The van der Waals surface area contributed by atoms with Crippen molar-refractivity contribution in [1.82, 2.24) is 25.7 Å². The van der Waals surface area contributed by atoms with Crippen LogP contribution in [0.15, 0.2) is 52.6 Å². The molecular formula is C27H39FN6O4. The molecule has 4 heterocycles. The van der Waals surface area contributed by atoms with Gasteiger partial charge in [-0.15, -0.1) is 0 Å². The van der Waals surface area contributed by atoms with Gasteiger partial charge in [0.1, 0.15) is 24.3 Å². The van der Waals surface area contributed by atoms with Crippen LogP contribution in [0.1, 0.15) is 47.0 Å². The number of allylic oxidation sites excluding steroid dienone is 1. The van der Waals surface area contributed by atoms with E-state index in [2.05, 4.69) is 43.3 Å². The monoisotopic (exact) mass is 531 g/mol. The van der Waals surface area contributed by atoms with Gasteiger partial charge in [-0.3, -0.25) is 9.69 Å². The summed E-state index contributed by atoms with van der Waals surface area (Å²) in [5.74, 6) is 0.912. The number of likely N-dealkylation sites (N-methyl/N-ethyl adjacent to an activating group) is 1. The molecule has 0 aromatic carbocycles. The molecule has 38 heavy (non-hydrogen) atoms. The molecule has 5 aliphatic rings. The molecule has 1 aliphatic carbocycles. The largest absolute Gasteiger partial charge is 0.480 e. The summed E-state index contributed by atoms with van der Waals surface area (Å²) in [7, 11) is 1.87. The summed E-state index contributed by atoms with van der Waals surface area (Å²) in [4.78, 5) is 18.9. The highest BCUT2D eigenvalue weighted by atomic mass is 19.1. The van der Waals surface area contributed by atoms with E-state index >= 15 is 4.39 Å². The number of nitrogens with zero attached hydrogens (tertiary/aromatic N) is 3. The fraction of sp³-hybridized carbons (Fsp3) is 0.630. The van der Waals surface area contributed by atoms with Crippen LogP contribution >= 0.6 is 0 Å². The second-order valence-electron chi connectivity index (χ2n) is 11.9. The summed E-state index contributed by atoms with van der Waals surface area (Å²) in [5.41, 5.74) is 0.459. The number of guanidine groups is 1. The van der Waals surface area contributed by atoms with E-state index in [1.807, 2.05) is 18.0 Å². The van der Waals surface area contributed by atoms with E-state index < -0.39 is 12.0 Å². The first-order chi connectivity index (χ1) is 18.4. The summed E-state index contributed by atoms with van der Waals surface area (Å²) in [6, 6.07) is 0.0740. The molecule has 0 radical (unpaired) electrons. The van der Waals surface area contributed by atoms with Crippen LogP contribution in [0.5, 0.6) is 0 Å². The molecular weight excluding hydrogens is 491 g/mol. The molecule has 208 valence electrons.